The van der Waals surface area contributed by atoms with E-state index in [4.69, 9.17) is 5.11 Å². The molecule has 0 bridgehead atoms. The highest BCUT2D eigenvalue weighted by molar-refractivity contribution is 5.73. The van der Waals surface area contributed by atoms with Gasteiger partial charge in [-0.05, 0) is 45.0 Å². The van der Waals surface area contributed by atoms with Crippen molar-refractivity contribution in [3.8, 4) is 0 Å². The van der Waals surface area contributed by atoms with Crippen molar-refractivity contribution in [1.82, 2.24) is 4.90 Å². The number of hydrogen-bond donors (Lipinski definition) is 1. The fourth-order valence-electron chi connectivity index (χ4n) is 2.49. The fraction of sp³-hybridized carbons (Fsp3) is 0.533. The van der Waals surface area contributed by atoms with Crippen molar-refractivity contribution in [1.29, 1.82) is 0 Å². The minimum absolute atomic E-state index is 0.0664. The molecular formula is C15H22N2O2. The predicted molar refractivity (Wildman–Crippen MR) is 76.7 cm³/mol. The molecule has 104 valence electrons. The lowest BCUT2D eigenvalue weighted by Gasteiger charge is -2.25. The first-order valence-electron chi connectivity index (χ1n) is 6.91. The van der Waals surface area contributed by atoms with Crippen LogP contribution >= 0.6 is 0 Å². The van der Waals surface area contributed by atoms with E-state index in [1.54, 1.807) is 0 Å². The predicted octanol–water partition coefficient (Wildman–Crippen LogP) is 1.98. The van der Waals surface area contributed by atoms with Crippen LogP contribution in [0.1, 0.15) is 18.4 Å². The Morgan fingerprint density at radius 3 is 2.47 bits per heavy atom. The smallest absolute Gasteiger partial charge is 0.323 e. The number of benzene rings is 1. The van der Waals surface area contributed by atoms with Gasteiger partial charge in [0.25, 0.3) is 0 Å². The van der Waals surface area contributed by atoms with Crippen LogP contribution in [-0.2, 0) is 4.79 Å². The summed E-state index contributed by atoms with van der Waals surface area (Å²) in [6, 6.07) is 8.06. The summed E-state index contributed by atoms with van der Waals surface area (Å²) in [5.41, 5.74) is 2.19. The van der Waals surface area contributed by atoms with Crippen molar-refractivity contribution < 1.29 is 9.90 Å². The molecule has 0 aliphatic carbocycles. The van der Waals surface area contributed by atoms with Gasteiger partial charge in [-0.3, -0.25) is 4.79 Å². The maximum atomic E-state index is 11.0. The highest BCUT2D eigenvalue weighted by atomic mass is 16.4. The lowest BCUT2D eigenvalue weighted by molar-refractivity contribution is -0.135. The molecule has 0 amide bonds. The Hall–Kier alpha value is -1.55. The monoisotopic (exact) mass is 262 g/mol. The third-order valence-electron chi connectivity index (χ3n) is 3.61. The van der Waals surface area contributed by atoms with E-state index in [0.717, 1.165) is 31.9 Å². The number of anilines is 1. The van der Waals surface area contributed by atoms with Crippen LogP contribution < -0.4 is 4.90 Å². The van der Waals surface area contributed by atoms with Gasteiger partial charge >= 0.3 is 5.97 Å². The highest BCUT2D eigenvalue weighted by Crippen LogP contribution is 2.15. The molecule has 1 fully saturated rings. The van der Waals surface area contributed by atoms with E-state index in [9.17, 15) is 4.79 Å². The standard InChI is InChI=1S/C15H22N2O2/c1-13-4-6-14(7-5-13)17(12-15(18)19)11-10-16-8-2-3-9-16/h4-7H,2-3,8-12H2,1H3,(H,18,19). The second kappa shape index (κ2) is 6.57. The van der Waals surface area contributed by atoms with E-state index in [-0.39, 0.29) is 6.54 Å². The fourth-order valence-corrected chi connectivity index (χ4v) is 2.49. The van der Waals surface area contributed by atoms with E-state index in [1.807, 2.05) is 36.1 Å². The zero-order valence-electron chi connectivity index (χ0n) is 11.5. The molecule has 0 radical (unpaired) electrons. The number of aryl methyl sites for hydroxylation is 1. The van der Waals surface area contributed by atoms with E-state index >= 15 is 0 Å². The summed E-state index contributed by atoms with van der Waals surface area (Å²) in [5.74, 6) is -0.776. The molecule has 1 heterocycles. The summed E-state index contributed by atoms with van der Waals surface area (Å²) in [5, 5.41) is 9.04. The van der Waals surface area contributed by atoms with Gasteiger partial charge in [0.15, 0.2) is 0 Å². The van der Waals surface area contributed by atoms with Gasteiger partial charge in [0.2, 0.25) is 0 Å². The molecule has 1 aliphatic rings. The van der Waals surface area contributed by atoms with Crippen LogP contribution in [0.25, 0.3) is 0 Å². The Morgan fingerprint density at radius 1 is 1.26 bits per heavy atom. The Bertz CT molecular complexity index is 411. The largest absolute Gasteiger partial charge is 0.480 e. The van der Waals surface area contributed by atoms with Gasteiger partial charge in [0, 0.05) is 18.8 Å². The summed E-state index contributed by atoms with van der Waals surface area (Å²) in [7, 11) is 0. The first-order chi connectivity index (χ1) is 9.15. The number of carboxylic acids is 1. The van der Waals surface area contributed by atoms with Crippen LogP contribution in [-0.4, -0.2) is 48.7 Å². The topological polar surface area (TPSA) is 43.8 Å². The van der Waals surface area contributed by atoms with Crippen molar-refractivity contribution in [3.63, 3.8) is 0 Å². The number of rotatable bonds is 6. The minimum atomic E-state index is -0.776. The molecule has 0 aromatic heterocycles. The average molecular weight is 262 g/mol. The number of aliphatic carboxylic acids is 1. The van der Waals surface area contributed by atoms with Crippen LogP contribution in [0.5, 0.6) is 0 Å². The maximum absolute atomic E-state index is 11.0. The second-order valence-corrected chi connectivity index (χ2v) is 5.20. The Balaban J connectivity index is 1.97. The summed E-state index contributed by atoms with van der Waals surface area (Å²) in [6.07, 6.45) is 2.53. The zero-order chi connectivity index (χ0) is 13.7. The molecule has 0 atom stereocenters. The van der Waals surface area contributed by atoms with Crippen molar-refractivity contribution >= 4 is 11.7 Å². The normalized spacial score (nSPS) is 15.6. The van der Waals surface area contributed by atoms with Gasteiger partial charge in [0.1, 0.15) is 6.54 Å². The molecule has 0 spiro atoms. The number of carbonyl (C=O) groups is 1. The zero-order valence-corrected chi connectivity index (χ0v) is 11.5. The molecule has 1 aromatic carbocycles. The third-order valence-corrected chi connectivity index (χ3v) is 3.61. The van der Waals surface area contributed by atoms with Gasteiger partial charge in [-0.2, -0.15) is 0 Å². The van der Waals surface area contributed by atoms with E-state index in [1.165, 1.54) is 18.4 Å². The van der Waals surface area contributed by atoms with Crippen LogP contribution in [0, 0.1) is 6.92 Å². The number of likely N-dealkylation sites (tertiary alicyclic amines) is 1. The Morgan fingerprint density at radius 2 is 1.89 bits per heavy atom. The quantitative estimate of drug-likeness (QED) is 0.851. The molecule has 1 saturated heterocycles. The molecule has 4 nitrogen and oxygen atoms in total. The molecule has 0 saturated carbocycles. The first kappa shape index (κ1) is 13.9. The van der Waals surface area contributed by atoms with Gasteiger partial charge in [-0.1, -0.05) is 17.7 Å². The van der Waals surface area contributed by atoms with E-state index in [2.05, 4.69) is 4.90 Å². The lowest BCUT2D eigenvalue weighted by atomic mass is 10.2. The van der Waals surface area contributed by atoms with Crippen LogP contribution in [0.2, 0.25) is 0 Å². The lowest BCUT2D eigenvalue weighted by Crippen LogP contribution is -2.37. The van der Waals surface area contributed by atoms with Crippen LogP contribution in [0.15, 0.2) is 24.3 Å². The maximum Gasteiger partial charge on any atom is 0.323 e. The first-order valence-corrected chi connectivity index (χ1v) is 6.91. The van der Waals surface area contributed by atoms with E-state index < -0.39 is 5.97 Å². The van der Waals surface area contributed by atoms with E-state index in [0.29, 0.717) is 0 Å². The van der Waals surface area contributed by atoms with Crippen molar-refractivity contribution in [3.05, 3.63) is 29.8 Å². The molecule has 19 heavy (non-hydrogen) atoms. The minimum Gasteiger partial charge on any atom is -0.480 e. The molecule has 0 unspecified atom stereocenters. The van der Waals surface area contributed by atoms with Crippen LogP contribution in [0.3, 0.4) is 0 Å². The summed E-state index contributed by atoms with van der Waals surface area (Å²) in [4.78, 5) is 15.3. The van der Waals surface area contributed by atoms with Gasteiger partial charge in [0.05, 0.1) is 0 Å². The van der Waals surface area contributed by atoms with Crippen molar-refractivity contribution in [2.24, 2.45) is 0 Å². The summed E-state index contributed by atoms with van der Waals surface area (Å²) < 4.78 is 0. The van der Waals surface area contributed by atoms with Crippen LogP contribution in [0.4, 0.5) is 5.69 Å². The Labute approximate surface area is 114 Å². The molecule has 4 heteroatoms. The number of carboxylic acid groups (broad SMARTS) is 1. The summed E-state index contributed by atoms with van der Waals surface area (Å²) >= 11 is 0. The number of hydrogen-bond acceptors (Lipinski definition) is 3. The van der Waals surface area contributed by atoms with Crippen molar-refractivity contribution in [2.45, 2.75) is 19.8 Å². The third kappa shape index (κ3) is 4.24. The molecule has 1 aromatic rings. The summed E-state index contributed by atoms with van der Waals surface area (Å²) in [6.45, 7) is 6.12. The van der Waals surface area contributed by atoms with Gasteiger partial charge in [-0.15, -0.1) is 0 Å². The highest BCUT2D eigenvalue weighted by Gasteiger charge is 2.15. The second-order valence-electron chi connectivity index (χ2n) is 5.20. The average Bonchev–Trinajstić information content (AvgIpc) is 2.88. The number of nitrogens with zero attached hydrogens (tertiary/aromatic N) is 2. The van der Waals surface area contributed by atoms with Crippen molar-refractivity contribution in [2.75, 3.05) is 37.6 Å². The molecule has 1 N–H and O–H groups in total. The SMILES string of the molecule is Cc1ccc(N(CCN2CCCC2)CC(=O)O)cc1. The molecule has 1 aliphatic heterocycles. The van der Waals surface area contributed by atoms with Gasteiger partial charge in [-0.25, -0.2) is 0 Å². The van der Waals surface area contributed by atoms with Gasteiger partial charge < -0.3 is 14.9 Å². The molecular weight excluding hydrogens is 240 g/mol. The Kier molecular flexibility index (Phi) is 4.80. The molecule has 2 rings (SSSR count).